The van der Waals surface area contributed by atoms with Gasteiger partial charge in [0.05, 0.1) is 6.17 Å². The monoisotopic (exact) mass is 211 g/mol. The molecule has 0 heterocycles. The van der Waals surface area contributed by atoms with E-state index in [-0.39, 0.29) is 11.0 Å². The number of nitrogens with two attached hydrogens (primary N) is 1. The molecule has 3 atom stereocenters. The lowest BCUT2D eigenvalue weighted by molar-refractivity contribution is -0.0792. The van der Waals surface area contributed by atoms with E-state index in [2.05, 4.69) is 0 Å². The van der Waals surface area contributed by atoms with Crippen LogP contribution in [0.1, 0.15) is 51.9 Å². The van der Waals surface area contributed by atoms with Gasteiger partial charge < -0.3 is 5.73 Å². The third kappa shape index (κ3) is 1.61. The largest absolute Gasteiger partial charge is 0.325 e. The van der Waals surface area contributed by atoms with Crippen LogP contribution < -0.4 is 5.73 Å². The lowest BCUT2D eigenvalue weighted by Crippen LogP contribution is -2.60. The fraction of sp³-hybridized carbons (Fsp3) is 1.00. The van der Waals surface area contributed by atoms with E-state index in [1.54, 1.807) is 6.92 Å². The molecule has 2 heteroatoms. The van der Waals surface area contributed by atoms with E-state index in [9.17, 15) is 4.39 Å². The van der Waals surface area contributed by atoms with Crippen LogP contribution in [0, 0.1) is 17.3 Å². The van der Waals surface area contributed by atoms with Crippen molar-refractivity contribution in [2.75, 3.05) is 0 Å². The smallest absolute Gasteiger partial charge is 0.0978 e. The van der Waals surface area contributed by atoms with Crippen molar-refractivity contribution < 1.29 is 4.39 Å². The first-order chi connectivity index (χ1) is 6.99. The van der Waals surface area contributed by atoms with Gasteiger partial charge in [-0.3, -0.25) is 0 Å². The zero-order chi connectivity index (χ0) is 10.7. The first kappa shape index (κ1) is 10.1. The van der Waals surface area contributed by atoms with Crippen molar-refractivity contribution >= 4 is 0 Å². The van der Waals surface area contributed by atoms with E-state index in [1.807, 2.05) is 0 Å². The van der Waals surface area contributed by atoms with E-state index in [1.165, 1.54) is 32.1 Å². The predicted octanol–water partition coefficient (Wildman–Crippen LogP) is 3.03. The summed E-state index contributed by atoms with van der Waals surface area (Å²) >= 11 is 0. The van der Waals surface area contributed by atoms with Gasteiger partial charge in [0.25, 0.3) is 0 Å². The van der Waals surface area contributed by atoms with Crippen molar-refractivity contribution in [3.63, 3.8) is 0 Å². The fourth-order valence-corrected chi connectivity index (χ4v) is 5.36. The highest BCUT2D eigenvalue weighted by Crippen LogP contribution is 2.62. The lowest BCUT2D eigenvalue weighted by Gasteiger charge is -2.61. The molecular weight excluding hydrogens is 189 g/mol. The van der Waals surface area contributed by atoms with Crippen LogP contribution in [-0.4, -0.2) is 11.7 Å². The number of alkyl halides is 1. The van der Waals surface area contributed by atoms with Crippen LogP contribution >= 0.6 is 0 Å². The first-order valence-corrected chi connectivity index (χ1v) is 6.42. The number of halogens is 1. The summed E-state index contributed by atoms with van der Waals surface area (Å²) in [5.41, 5.74) is 6.83. The second kappa shape index (κ2) is 2.97. The highest BCUT2D eigenvalue weighted by Gasteiger charge is 2.56. The molecule has 0 aromatic carbocycles. The summed E-state index contributed by atoms with van der Waals surface area (Å²) in [6, 6.07) is 0. The number of hydrogen-bond acceptors (Lipinski definition) is 1. The van der Waals surface area contributed by atoms with Crippen molar-refractivity contribution in [2.24, 2.45) is 23.0 Å². The van der Waals surface area contributed by atoms with Crippen LogP contribution in [-0.2, 0) is 0 Å². The second-order valence-electron chi connectivity index (χ2n) is 6.81. The SMILES string of the molecule is CC(F)CC12CC3CC(CC(N)(C3)C1)C2. The van der Waals surface area contributed by atoms with Crippen LogP contribution in [0.5, 0.6) is 0 Å². The van der Waals surface area contributed by atoms with Crippen LogP contribution in [0.15, 0.2) is 0 Å². The zero-order valence-electron chi connectivity index (χ0n) is 9.64. The molecule has 4 aliphatic carbocycles. The molecule has 0 spiro atoms. The van der Waals surface area contributed by atoms with Crippen LogP contribution in [0.2, 0.25) is 0 Å². The Bertz CT molecular complexity index is 254. The third-order valence-electron chi connectivity index (χ3n) is 4.94. The summed E-state index contributed by atoms with van der Waals surface area (Å²) in [6.45, 7) is 1.71. The Hall–Kier alpha value is -0.110. The molecule has 4 saturated carbocycles. The van der Waals surface area contributed by atoms with Gasteiger partial charge in [-0.15, -0.1) is 0 Å². The molecule has 1 nitrogen and oxygen atoms in total. The van der Waals surface area contributed by atoms with E-state index in [4.69, 9.17) is 5.73 Å². The Balaban J connectivity index is 1.86. The van der Waals surface area contributed by atoms with E-state index in [0.29, 0.717) is 0 Å². The highest BCUT2D eigenvalue weighted by molar-refractivity contribution is 5.10. The van der Waals surface area contributed by atoms with Gasteiger partial charge in [0.15, 0.2) is 0 Å². The lowest BCUT2D eigenvalue weighted by atomic mass is 9.46. The summed E-state index contributed by atoms with van der Waals surface area (Å²) in [4.78, 5) is 0. The molecule has 3 unspecified atom stereocenters. The Morgan fingerprint density at radius 2 is 1.87 bits per heavy atom. The van der Waals surface area contributed by atoms with E-state index < -0.39 is 6.17 Å². The summed E-state index contributed by atoms with van der Waals surface area (Å²) < 4.78 is 13.3. The molecule has 4 aliphatic rings. The van der Waals surface area contributed by atoms with Gasteiger partial charge in [-0.1, -0.05) is 0 Å². The first-order valence-electron chi connectivity index (χ1n) is 6.42. The van der Waals surface area contributed by atoms with Gasteiger partial charge in [-0.25, -0.2) is 4.39 Å². The summed E-state index contributed by atoms with van der Waals surface area (Å²) in [5, 5.41) is 0. The minimum Gasteiger partial charge on any atom is -0.325 e. The van der Waals surface area contributed by atoms with Gasteiger partial charge >= 0.3 is 0 Å². The fourth-order valence-electron chi connectivity index (χ4n) is 5.36. The van der Waals surface area contributed by atoms with Crippen LogP contribution in [0.4, 0.5) is 4.39 Å². The van der Waals surface area contributed by atoms with Gasteiger partial charge in [0.1, 0.15) is 0 Å². The van der Waals surface area contributed by atoms with Crippen molar-refractivity contribution in [1.82, 2.24) is 0 Å². The zero-order valence-corrected chi connectivity index (χ0v) is 9.64. The minimum atomic E-state index is -0.648. The maximum atomic E-state index is 13.3. The molecule has 4 fully saturated rings. The molecule has 2 N–H and O–H groups in total. The Morgan fingerprint density at radius 1 is 1.27 bits per heavy atom. The van der Waals surface area contributed by atoms with Crippen molar-refractivity contribution in [2.45, 2.75) is 63.6 Å². The minimum absolute atomic E-state index is 0.0823. The Morgan fingerprint density at radius 3 is 2.33 bits per heavy atom. The normalized spacial score (nSPS) is 54.6. The molecule has 15 heavy (non-hydrogen) atoms. The molecule has 0 radical (unpaired) electrons. The maximum Gasteiger partial charge on any atom is 0.0978 e. The molecule has 0 aliphatic heterocycles. The Labute approximate surface area is 91.6 Å². The second-order valence-corrected chi connectivity index (χ2v) is 6.81. The molecule has 4 bridgehead atoms. The van der Waals surface area contributed by atoms with Crippen molar-refractivity contribution in [3.05, 3.63) is 0 Å². The van der Waals surface area contributed by atoms with Gasteiger partial charge in [-0.05, 0) is 69.1 Å². The maximum absolute atomic E-state index is 13.3. The molecule has 4 rings (SSSR count). The predicted molar refractivity (Wildman–Crippen MR) is 59.2 cm³/mol. The van der Waals surface area contributed by atoms with Crippen molar-refractivity contribution in [1.29, 1.82) is 0 Å². The standard InChI is InChI=1S/C13H22FN/c1-9(14)3-12-4-10-2-11(5-12)7-13(15,6-10)8-12/h9-11H,2-8,15H2,1H3. The molecule has 0 saturated heterocycles. The highest BCUT2D eigenvalue weighted by atomic mass is 19.1. The average molecular weight is 211 g/mol. The van der Waals surface area contributed by atoms with E-state index >= 15 is 0 Å². The van der Waals surface area contributed by atoms with Crippen LogP contribution in [0.25, 0.3) is 0 Å². The number of hydrogen-bond donors (Lipinski definition) is 1. The quantitative estimate of drug-likeness (QED) is 0.746. The number of rotatable bonds is 2. The van der Waals surface area contributed by atoms with Crippen molar-refractivity contribution in [3.8, 4) is 0 Å². The topological polar surface area (TPSA) is 26.0 Å². The average Bonchev–Trinajstić information content (AvgIpc) is 1.94. The summed E-state index contributed by atoms with van der Waals surface area (Å²) in [5.74, 6) is 1.63. The Kier molecular flexibility index (Phi) is 1.99. The van der Waals surface area contributed by atoms with Gasteiger partial charge in [-0.2, -0.15) is 0 Å². The molecular formula is C13H22FN. The summed E-state index contributed by atoms with van der Waals surface area (Å²) in [6.07, 6.45) is 7.54. The molecule has 86 valence electrons. The van der Waals surface area contributed by atoms with Gasteiger partial charge in [0.2, 0.25) is 0 Å². The molecule has 0 aromatic rings. The van der Waals surface area contributed by atoms with Crippen LogP contribution in [0.3, 0.4) is 0 Å². The molecule has 0 amide bonds. The van der Waals surface area contributed by atoms with E-state index in [0.717, 1.165) is 24.7 Å². The molecule has 0 aromatic heterocycles. The summed E-state index contributed by atoms with van der Waals surface area (Å²) in [7, 11) is 0. The third-order valence-corrected chi connectivity index (χ3v) is 4.94. The van der Waals surface area contributed by atoms with Gasteiger partial charge in [0, 0.05) is 5.54 Å².